The Hall–Kier alpha value is -1.12. The van der Waals surface area contributed by atoms with Crippen LogP contribution in [-0.4, -0.2) is 13.1 Å². The summed E-state index contributed by atoms with van der Waals surface area (Å²) in [4.78, 5) is 0. The van der Waals surface area contributed by atoms with Crippen molar-refractivity contribution in [3.05, 3.63) is 40.8 Å². The molecule has 1 heterocycles. The number of nitrogens with one attached hydrogen (secondary N) is 1. The molecule has 0 aliphatic heterocycles. The van der Waals surface area contributed by atoms with E-state index < -0.39 is 0 Å². The lowest BCUT2D eigenvalue weighted by atomic mass is 10.00. The molecule has 1 aromatic heterocycles. The van der Waals surface area contributed by atoms with Crippen molar-refractivity contribution in [2.45, 2.75) is 20.8 Å². The van der Waals surface area contributed by atoms with Crippen molar-refractivity contribution in [3.63, 3.8) is 0 Å². The zero-order chi connectivity index (χ0) is 13.0. The van der Waals surface area contributed by atoms with Gasteiger partial charge in [0, 0.05) is 11.2 Å². The first-order valence-electron chi connectivity index (χ1n) is 6.59. The van der Waals surface area contributed by atoms with Crippen molar-refractivity contribution in [1.82, 2.24) is 5.32 Å². The summed E-state index contributed by atoms with van der Waals surface area (Å²) in [7, 11) is 0. The number of hydrogen-bond acceptors (Lipinski definition) is 2. The number of benzene rings is 1. The van der Waals surface area contributed by atoms with E-state index >= 15 is 0 Å². The Kier molecular flexibility index (Phi) is 4.56. The second kappa shape index (κ2) is 6.17. The minimum atomic E-state index is 0.586. The SMILES string of the molecule is CCNCC(=Cc1csc2ccccc12)C(C)C. The summed E-state index contributed by atoms with van der Waals surface area (Å²) >= 11 is 1.83. The van der Waals surface area contributed by atoms with Gasteiger partial charge < -0.3 is 5.32 Å². The van der Waals surface area contributed by atoms with Crippen LogP contribution in [0, 0.1) is 5.92 Å². The fraction of sp³-hybridized carbons (Fsp3) is 0.375. The molecule has 0 fully saturated rings. The molecule has 18 heavy (non-hydrogen) atoms. The number of hydrogen-bond donors (Lipinski definition) is 1. The second-order valence-corrected chi connectivity index (χ2v) is 5.75. The maximum absolute atomic E-state index is 3.43. The van der Waals surface area contributed by atoms with Gasteiger partial charge in [0.05, 0.1) is 0 Å². The fourth-order valence-electron chi connectivity index (χ4n) is 2.00. The van der Waals surface area contributed by atoms with Gasteiger partial charge in [0.25, 0.3) is 0 Å². The van der Waals surface area contributed by atoms with Gasteiger partial charge in [0.2, 0.25) is 0 Å². The summed E-state index contributed by atoms with van der Waals surface area (Å²) in [6, 6.07) is 8.62. The lowest BCUT2D eigenvalue weighted by Gasteiger charge is -2.11. The van der Waals surface area contributed by atoms with E-state index in [-0.39, 0.29) is 0 Å². The third kappa shape index (κ3) is 3.01. The van der Waals surface area contributed by atoms with Crippen LogP contribution in [0.25, 0.3) is 16.2 Å². The predicted octanol–water partition coefficient (Wildman–Crippen LogP) is 4.55. The van der Waals surface area contributed by atoms with E-state index in [9.17, 15) is 0 Å². The van der Waals surface area contributed by atoms with E-state index in [0.29, 0.717) is 5.92 Å². The summed E-state index contributed by atoms with van der Waals surface area (Å²) in [6.45, 7) is 8.68. The van der Waals surface area contributed by atoms with Crippen LogP contribution in [0.15, 0.2) is 35.2 Å². The molecule has 96 valence electrons. The van der Waals surface area contributed by atoms with E-state index in [1.54, 1.807) is 0 Å². The molecule has 0 bridgehead atoms. The Morgan fingerprint density at radius 3 is 2.83 bits per heavy atom. The molecule has 2 heteroatoms. The molecule has 1 nitrogen and oxygen atoms in total. The zero-order valence-electron chi connectivity index (χ0n) is 11.4. The van der Waals surface area contributed by atoms with Crippen molar-refractivity contribution in [2.24, 2.45) is 5.92 Å². The van der Waals surface area contributed by atoms with E-state index in [1.807, 2.05) is 11.3 Å². The van der Waals surface area contributed by atoms with Gasteiger partial charge in [0.15, 0.2) is 0 Å². The quantitative estimate of drug-likeness (QED) is 0.830. The van der Waals surface area contributed by atoms with E-state index in [4.69, 9.17) is 0 Å². The van der Waals surface area contributed by atoms with E-state index in [1.165, 1.54) is 21.2 Å². The van der Waals surface area contributed by atoms with Crippen LogP contribution in [0.5, 0.6) is 0 Å². The predicted molar refractivity (Wildman–Crippen MR) is 83.2 cm³/mol. The summed E-state index contributed by atoms with van der Waals surface area (Å²) in [5.74, 6) is 0.586. The fourth-order valence-corrected chi connectivity index (χ4v) is 2.92. The molecule has 0 saturated carbocycles. The normalized spacial score (nSPS) is 12.6. The minimum absolute atomic E-state index is 0.586. The molecule has 0 aliphatic rings. The highest BCUT2D eigenvalue weighted by molar-refractivity contribution is 7.17. The van der Waals surface area contributed by atoms with Gasteiger partial charge in [-0.2, -0.15) is 0 Å². The highest BCUT2D eigenvalue weighted by Crippen LogP contribution is 2.28. The molecule has 2 rings (SSSR count). The van der Waals surface area contributed by atoms with Crippen LogP contribution in [0.3, 0.4) is 0 Å². The van der Waals surface area contributed by atoms with E-state index in [2.05, 4.69) is 61.8 Å². The van der Waals surface area contributed by atoms with Crippen molar-refractivity contribution in [3.8, 4) is 0 Å². The van der Waals surface area contributed by atoms with Crippen molar-refractivity contribution < 1.29 is 0 Å². The highest BCUT2D eigenvalue weighted by Gasteiger charge is 2.06. The van der Waals surface area contributed by atoms with Crippen molar-refractivity contribution >= 4 is 27.5 Å². The van der Waals surface area contributed by atoms with E-state index in [0.717, 1.165) is 13.1 Å². The van der Waals surface area contributed by atoms with Crippen LogP contribution < -0.4 is 5.32 Å². The standard InChI is InChI=1S/C16H21NS/c1-4-17-10-13(12(2)3)9-14-11-18-16-8-6-5-7-15(14)16/h5-9,11-12,17H,4,10H2,1-3H3. The average Bonchev–Trinajstić information content (AvgIpc) is 2.77. The molecule has 0 saturated heterocycles. The average molecular weight is 259 g/mol. The highest BCUT2D eigenvalue weighted by atomic mass is 32.1. The third-order valence-corrected chi connectivity index (χ3v) is 4.15. The van der Waals surface area contributed by atoms with Gasteiger partial charge in [0.1, 0.15) is 0 Å². The number of rotatable bonds is 5. The van der Waals surface area contributed by atoms with Gasteiger partial charge in [-0.05, 0) is 34.9 Å². The van der Waals surface area contributed by atoms with Crippen molar-refractivity contribution in [1.29, 1.82) is 0 Å². The first-order valence-corrected chi connectivity index (χ1v) is 7.47. The second-order valence-electron chi connectivity index (χ2n) is 4.84. The Morgan fingerprint density at radius 1 is 1.33 bits per heavy atom. The lowest BCUT2D eigenvalue weighted by molar-refractivity contribution is 0.683. The van der Waals surface area contributed by atoms with Gasteiger partial charge in [-0.25, -0.2) is 0 Å². The molecule has 1 aromatic carbocycles. The summed E-state index contributed by atoms with van der Waals surface area (Å²) in [6.07, 6.45) is 2.35. The molecule has 0 amide bonds. The van der Waals surface area contributed by atoms with Crippen LogP contribution in [0.2, 0.25) is 0 Å². The Balaban J connectivity index is 2.34. The van der Waals surface area contributed by atoms with Crippen LogP contribution >= 0.6 is 11.3 Å². The van der Waals surface area contributed by atoms with Gasteiger partial charge in [-0.3, -0.25) is 0 Å². The maximum atomic E-state index is 3.43. The number of fused-ring (bicyclic) bond motifs is 1. The molecule has 0 unspecified atom stereocenters. The molecule has 1 N–H and O–H groups in total. The molecular weight excluding hydrogens is 238 g/mol. The molecular formula is C16H21NS. The lowest BCUT2D eigenvalue weighted by Crippen LogP contribution is -2.18. The monoisotopic (exact) mass is 259 g/mol. The smallest absolute Gasteiger partial charge is 0.0348 e. The number of likely N-dealkylation sites (N-methyl/N-ethyl adjacent to an activating group) is 1. The summed E-state index contributed by atoms with van der Waals surface area (Å²) in [5.41, 5.74) is 2.83. The van der Waals surface area contributed by atoms with Crippen molar-refractivity contribution in [2.75, 3.05) is 13.1 Å². The summed E-state index contributed by atoms with van der Waals surface area (Å²) < 4.78 is 1.37. The zero-order valence-corrected chi connectivity index (χ0v) is 12.2. The Labute approximate surface area is 114 Å². The Bertz CT molecular complexity index is 537. The Morgan fingerprint density at radius 2 is 2.11 bits per heavy atom. The van der Waals surface area contributed by atoms with Gasteiger partial charge >= 0.3 is 0 Å². The maximum Gasteiger partial charge on any atom is 0.0348 e. The minimum Gasteiger partial charge on any atom is -0.313 e. The summed E-state index contributed by atoms with van der Waals surface area (Å²) in [5, 5.41) is 7.06. The largest absolute Gasteiger partial charge is 0.313 e. The van der Waals surface area contributed by atoms with Gasteiger partial charge in [-0.15, -0.1) is 11.3 Å². The molecule has 0 radical (unpaired) electrons. The molecule has 0 aliphatic carbocycles. The first kappa shape index (κ1) is 13.3. The first-order chi connectivity index (χ1) is 8.72. The van der Waals surface area contributed by atoms with Gasteiger partial charge in [-0.1, -0.05) is 50.6 Å². The topological polar surface area (TPSA) is 12.0 Å². The van der Waals surface area contributed by atoms with Crippen LogP contribution in [-0.2, 0) is 0 Å². The molecule has 0 spiro atoms. The molecule has 0 atom stereocenters. The van der Waals surface area contributed by atoms with Crippen LogP contribution in [0.1, 0.15) is 26.3 Å². The van der Waals surface area contributed by atoms with Crippen LogP contribution in [0.4, 0.5) is 0 Å². The number of thiophene rings is 1. The third-order valence-electron chi connectivity index (χ3n) is 3.17. The molecule has 2 aromatic rings.